The minimum absolute atomic E-state index is 0.0395. The summed E-state index contributed by atoms with van der Waals surface area (Å²) >= 11 is 1.92. The van der Waals surface area contributed by atoms with E-state index in [0.717, 1.165) is 36.3 Å². The maximum atomic E-state index is 15.6. The van der Waals surface area contributed by atoms with E-state index < -0.39 is 5.67 Å². The molecule has 2 aliphatic heterocycles. The van der Waals surface area contributed by atoms with Crippen LogP contribution in [0.3, 0.4) is 0 Å². The average Bonchev–Trinajstić information content (AvgIpc) is 2.95. The molecule has 2 heterocycles. The van der Waals surface area contributed by atoms with Gasteiger partial charge in [0, 0.05) is 24.8 Å². The van der Waals surface area contributed by atoms with E-state index in [2.05, 4.69) is 0 Å². The Balaban J connectivity index is 1.85. The number of rotatable bonds is 3. The molecule has 0 radical (unpaired) electrons. The van der Waals surface area contributed by atoms with Crippen LogP contribution in [0.2, 0.25) is 0 Å². The molecule has 2 fully saturated rings. The van der Waals surface area contributed by atoms with Crippen molar-refractivity contribution in [2.24, 2.45) is 11.7 Å². The van der Waals surface area contributed by atoms with Gasteiger partial charge in [-0.25, -0.2) is 4.39 Å². The molecule has 2 N–H and O–H groups in total. The minimum atomic E-state index is -1.43. The first-order chi connectivity index (χ1) is 9.69. The fourth-order valence-corrected chi connectivity index (χ4v) is 4.90. The van der Waals surface area contributed by atoms with Crippen LogP contribution in [-0.2, 0) is 10.4 Å². The number of nitrogens with two attached hydrogens (primary N) is 1. The van der Waals surface area contributed by atoms with Gasteiger partial charge < -0.3 is 10.5 Å². The number of thioether (sulfide) groups is 1. The van der Waals surface area contributed by atoms with Crippen LogP contribution in [0.15, 0.2) is 30.3 Å². The molecule has 0 aromatic heterocycles. The van der Waals surface area contributed by atoms with Crippen molar-refractivity contribution in [1.29, 1.82) is 0 Å². The number of alkyl halides is 1. The summed E-state index contributed by atoms with van der Waals surface area (Å²) in [7, 11) is 0. The molecule has 1 spiro atoms. The van der Waals surface area contributed by atoms with Gasteiger partial charge in [0.1, 0.15) is 0 Å². The van der Waals surface area contributed by atoms with Crippen molar-refractivity contribution in [2.45, 2.75) is 30.5 Å². The molecule has 3 rings (SSSR count). The van der Waals surface area contributed by atoms with Gasteiger partial charge in [-0.3, -0.25) is 0 Å². The Kier molecular flexibility index (Phi) is 4.07. The maximum Gasteiger partial charge on any atom is 0.151 e. The second kappa shape index (κ2) is 5.66. The molecule has 20 heavy (non-hydrogen) atoms. The van der Waals surface area contributed by atoms with Crippen molar-refractivity contribution in [3.63, 3.8) is 0 Å². The van der Waals surface area contributed by atoms with Crippen molar-refractivity contribution < 1.29 is 9.13 Å². The van der Waals surface area contributed by atoms with Crippen LogP contribution in [0.5, 0.6) is 0 Å². The van der Waals surface area contributed by atoms with Crippen molar-refractivity contribution in [2.75, 3.05) is 24.7 Å². The molecule has 2 saturated heterocycles. The predicted octanol–water partition coefficient (Wildman–Crippen LogP) is 3.11. The molecule has 1 aromatic rings. The zero-order chi connectivity index (χ0) is 14.1. The second-order valence-electron chi connectivity index (χ2n) is 5.96. The standard InChI is InChI=1S/C16H22FNOS/c17-16(11-18,13-4-2-1-3-5-13)14-6-8-19-15(10-14)7-9-20-12-15/h1-5,14H,6-12,18H2. The Labute approximate surface area is 124 Å². The van der Waals surface area contributed by atoms with E-state index in [1.807, 2.05) is 42.1 Å². The molecule has 1 aromatic carbocycles. The average molecular weight is 295 g/mol. The third-order valence-electron chi connectivity index (χ3n) is 4.76. The summed E-state index contributed by atoms with van der Waals surface area (Å²) in [6.07, 6.45) is 2.60. The number of hydrogen-bond acceptors (Lipinski definition) is 3. The van der Waals surface area contributed by atoms with Gasteiger partial charge in [0.05, 0.1) is 5.60 Å². The normalized spacial score (nSPS) is 33.2. The van der Waals surface area contributed by atoms with E-state index in [9.17, 15) is 0 Å². The van der Waals surface area contributed by atoms with Gasteiger partial charge in [-0.2, -0.15) is 11.8 Å². The highest BCUT2D eigenvalue weighted by molar-refractivity contribution is 7.99. The lowest BCUT2D eigenvalue weighted by atomic mass is 9.73. The molecule has 3 unspecified atom stereocenters. The molecular weight excluding hydrogens is 273 g/mol. The molecule has 2 nitrogen and oxygen atoms in total. The number of halogens is 1. The summed E-state index contributed by atoms with van der Waals surface area (Å²) < 4.78 is 21.6. The summed E-state index contributed by atoms with van der Waals surface area (Å²) in [6.45, 7) is 0.703. The van der Waals surface area contributed by atoms with Crippen molar-refractivity contribution in [3.05, 3.63) is 35.9 Å². The van der Waals surface area contributed by atoms with Crippen molar-refractivity contribution in [1.82, 2.24) is 0 Å². The molecule has 2 aliphatic rings. The topological polar surface area (TPSA) is 35.2 Å². The summed E-state index contributed by atoms with van der Waals surface area (Å²) in [4.78, 5) is 0. The second-order valence-corrected chi connectivity index (χ2v) is 7.06. The predicted molar refractivity (Wildman–Crippen MR) is 81.6 cm³/mol. The van der Waals surface area contributed by atoms with Gasteiger partial charge in [-0.15, -0.1) is 0 Å². The van der Waals surface area contributed by atoms with Gasteiger partial charge in [0.25, 0.3) is 0 Å². The lowest BCUT2D eigenvalue weighted by molar-refractivity contribution is -0.111. The van der Waals surface area contributed by atoms with Crippen molar-refractivity contribution >= 4 is 11.8 Å². The fourth-order valence-electron chi connectivity index (χ4n) is 3.52. The van der Waals surface area contributed by atoms with Crippen LogP contribution < -0.4 is 5.73 Å². The van der Waals surface area contributed by atoms with Gasteiger partial charge >= 0.3 is 0 Å². The lowest BCUT2D eigenvalue weighted by Gasteiger charge is -2.43. The number of benzene rings is 1. The molecule has 0 saturated carbocycles. The van der Waals surface area contributed by atoms with E-state index in [-0.39, 0.29) is 18.1 Å². The first-order valence-electron chi connectivity index (χ1n) is 7.35. The van der Waals surface area contributed by atoms with E-state index in [1.54, 1.807) is 0 Å². The highest BCUT2D eigenvalue weighted by atomic mass is 32.2. The Morgan fingerprint density at radius 1 is 1.40 bits per heavy atom. The first-order valence-corrected chi connectivity index (χ1v) is 8.50. The molecule has 3 atom stereocenters. The van der Waals surface area contributed by atoms with Gasteiger partial charge in [-0.05, 0) is 30.6 Å². The van der Waals surface area contributed by atoms with Gasteiger partial charge in [0.2, 0.25) is 0 Å². The summed E-state index contributed by atoms with van der Waals surface area (Å²) in [5.41, 5.74) is 5.03. The number of hydrogen-bond donors (Lipinski definition) is 1. The smallest absolute Gasteiger partial charge is 0.151 e. The molecule has 110 valence electrons. The first kappa shape index (κ1) is 14.4. The Morgan fingerprint density at radius 2 is 2.20 bits per heavy atom. The zero-order valence-electron chi connectivity index (χ0n) is 11.7. The fraction of sp³-hybridized carbons (Fsp3) is 0.625. The highest BCUT2D eigenvalue weighted by Crippen LogP contribution is 2.47. The lowest BCUT2D eigenvalue weighted by Crippen LogP contribution is -2.48. The molecule has 0 aliphatic carbocycles. The van der Waals surface area contributed by atoms with Crippen LogP contribution in [-0.4, -0.2) is 30.3 Å². The van der Waals surface area contributed by atoms with E-state index in [0.29, 0.717) is 6.61 Å². The summed E-state index contributed by atoms with van der Waals surface area (Å²) in [6, 6.07) is 9.41. The van der Waals surface area contributed by atoms with E-state index in [1.165, 1.54) is 0 Å². The Bertz CT molecular complexity index is 449. The summed E-state index contributed by atoms with van der Waals surface area (Å²) in [5.74, 6) is 2.08. The molecule has 4 heteroatoms. The zero-order valence-corrected chi connectivity index (χ0v) is 12.5. The quantitative estimate of drug-likeness (QED) is 0.930. The van der Waals surface area contributed by atoms with Crippen LogP contribution in [0.25, 0.3) is 0 Å². The summed E-state index contributed by atoms with van der Waals surface area (Å²) in [5, 5.41) is 0. The van der Waals surface area contributed by atoms with Crippen molar-refractivity contribution in [3.8, 4) is 0 Å². The van der Waals surface area contributed by atoms with Crippen LogP contribution in [0, 0.1) is 5.92 Å². The van der Waals surface area contributed by atoms with Gasteiger partial charge in [-0.1, -0.05) is 30.3 Å². The largest absolute Gasteiger partial charge is 0.374 e. The monoisotopic (exact) mass is 295 g/mol. The minimum Gasteiger partial charge on any atom is -0.374 e. The van der Waals surface area contributed by atoms with Gasteiger partial charge in [0.15, 0.2) is 5.67 Å². The third kappa shape index (κ3) is 2.49. The SMILES string of the molecule is NCC(F)(c1ccccc1)C1CCOC2(CCSC2)C1. The van der Waals surface area contributed by atoms with E-state index in [4.69, 9.17) is 10.5 Å². The number of ether oxygens (including phenoxy) is 1. The molecule has 0 bridgehead atoms. The Morgan fingerprint density at radius 3 is 2.85 bits per heavy atom. The van der Waals surface area contributed by atoms with E-state index >= 15 is 4.39 Å². The Hall–Kier alpha value is -0.580. The highest BCUT2D eigenvalue weighted by Gasteiger charge is 2.48. The molecular formula is C16H22FNOS. The van der Waals surface area contributed by atoms with Crippen LogP contribution in [0.4, 0.5) is 4.39 Å². The third-order valence-corrected chi connectivity index (χ3v) is 5.98. The van der Waals surface area contributed by atoms with Crippen LogP contribution >= 0.6 is 11.8 Å². The maximum absolute atomic E-state index is 15.6. The molecule has 0 amide bonds. The van der Waals surface area contributed by atoms with Crippen LogP contribution in [0.1, 0.15) is 24.8 Å².